The first-order chi connectivity index (χ1) is 18.8. The normalized spacial score (nSPS) is 22.1. The van der Waals surface area contributed by atoms with E-state index >= 15 is 4.39 Å². The number of morpholine rings is 1. The molecule has 0 aromatic heterocycles. The van der Waals surface area contributed by atoms with Crippen molar-refractivity contribution in [2.75, 3.05) is 33.4 Å². The minimum absolute atomic E-state index is 0.143. The monoisotopic (exact) mass is 552 g/mol. The minimum Gasteiger partial charge on any atom is -0.385 e. The number of methoxy groups -OCH3 is 1. The van der Waals surface area contributed by atoms with Crippen LogP contribution in [0, 0.1) is 12.7 Å². The molecule has 0 radical (unpaired) electrons. The van der Waals surface area contributed by atoms with Crippen molar-refractivity contribution in [1.29, 1.82) is 0 Å². The van der Waals surface area contributed by atoms with Gasteiger partial charge in [0.05, 0.1) is 13.2 Å². The van der Waals surface area contributed by atoms with Crippen LogP contribution in [0.5, 0.6) is 0 Å². The molecule has 8 heteroatoms. The number of halogens is 2. The molecule has 1 spiro atoms. The lowest BCUT2D eigenvalue weighted by molar-refractivity contribution is -0.251. The van der Waals surface area contributed by atoms with Crippen molar-refractivity contribution < 1.29 is 23.8 Å². The van der Waals surface area contributed by atoms with Crippen LogP contribution in [0.25, 0.3) is 11.1 Å². The highest BCUT2D eigenvalue weighted by Crippen LogP contribution is 2.62. The number of aryl methyl sites for hydroxylation is 1. The quantitative estimate of drug-likeness (QED) is 0.370. The molecule has 1 amide bonds. The summed E-state index contributed by atoms with van der Waals surface area (Å²) in [4.78, 5) is 15.3. The highest BCUT2D eigenvalue weighted by atomic mass is 35.5. The molecule has 1 heterocycles. The zero-order chi connectivity index (χ0) is 27.8. The van der Waals surface area contributed by atoms with Crippen LogP contribution in [0.2, 0.25) is 5.02 Å². The van der Waals surface area contributed by atoms with E-state index in [0.717, 1.165) is 23.1 Å². The summed E-state index contributed by atoms with van der Waals surface area (Å²) < 4.78 is 26.8. The number of hydrogen-bond donors (Lipinski definition) is 2. The summed E-state index contributed by atoms with van der Waals surface area (Å²) in [6.45, 7) is 3.64. The fourth-order valence-electron chi connectivity index (χ4n) is 6.03. The largest absolute Gasteiger partial charge is 0.385 e. The van der Waals surface area contributed by atoms with Crippen molar-refractivity contribution in [2.24, 2.45) is 5.73 Å². The summed E-state index contributed by atoms with van der Waals surface area (Å²) in [6, 6.07) is 15.7. The fraction of sp³-hybridized carbons (Fsp3) is 0.387. The summed E-state index contributed by atoms with van der Waals surface area (Å²) in [5.41, 5.74) is 7.53. The van der Waals surface area contributed by atoms with Gasteiger partial charge < -0.3 is 25.2 Å². The fourth-order valence-corrected chi connectivity index (χ4v) is 6.29. The Morgan fingerprint density at radius 2 is 1.95 bits per heavy atom. The first-order valence-electron chi connectivity index (χ1n) is 13.3. The van der Waals surface area contributed by atoms with Gasteiger partial charge in [-0.2, -0.15) is 0 Å². The topological polar surface area (TPSA) is 85.0 Å². The van der Waals surface area contributed by atoms with Gasteiger partial charge in [0.25, 0.3) is 5.91 Å². The number of rotatable bonds is 8. The number of amides is 1. The third-order valence-corrected chi connectivity index (χ3v) is 8.36. The Morgan fingerprint density at radius 1 is 1.18 bits per heavy atom. The Labute approximate surface area is 233 Å². The molecular formula is C31H34ClFN2O4. The van der Waals surface area contributed by atoms with Gasteiger partial charge in [0.2, 0.25) is 0 Å². The molecule has 1 aliphatic carbocycles. The van der Waals surface area contributed by atoms with E-state index in [1.807, 2.05) is 25.1 Å². The molecule has 3 aromatic carbocycles. The van der Waals surface area contributed by atoms with Gasteiger partial charge in [-0.1, -0.05) is 41.4 Å². The lowest BCUT2D eigenvalue weighted by Gasteiger charge is -2.60. The van der Waals surface area contributed by atoms with Crippen LogP contribution in [-0.4, -0.2) is 49.3 Å². The number of aliphatic hydroxyl groups is 1. The van der Waals surface area contributed by atoms with Gasteiger partial charge in [0, 0.05) is 54.1 Å². The van der Waals surface area contributed by atoms with Gasteiger partial charge >= 0.3 is 0 Å². The van der Waals surface area contributed by atoms with E-state index in [1.54, 1.807) is 42.3 Å². The molecule has 39 heavy (non-hydrogen) atoms. The number of carbonyl (C=O) groups excluding carboxylic acids is 1. The standard InChI is InChI=1S/C31H34ClFN2O4/c1-20-5-12-26(33)23(17-20)27-25(32)11-10-24-28(27)30(37,13-3-4-15-38-2)31(24)19-35(14-16-39-31)29(36)22-8-6-21(18-34)7-9-22/h5-12,17,37H,3-4,13-16,18-19,34H2,1-2H3/t30-,31+/m1/s1. The molecule has 2 atom stereocenters. The maximum Gasteiger partial charge on any atom is 0.254 e. The van der Waals surface area contributed by atoms with E-state index < -0.39 is 17.0 Å². The first kappa shape index (κ1) is 27.7. The number of fused-ring (bicyclic) bond motifs is 2. The van der Waals surface area contributed by atoms with Gasteiger partial charge in [0.1, 0.15) is 17.0 Å². The van der Waals surface area contributed by atoms with Crippen molar-refractivity contribution in [3.05, 3.63) is 93.3 Å². The van der Waals surface area contributed by atoms with Crippen LogP contribution in [0.4, 0.5) is 4.39 Å². The second-order valence-corrected chi connectivity index (χ2v) is 10.8. The summed E-state index contributed by atoms with van der Waals surface area (Å²) in [6.07, 6.45) is 1.72. The minimum atomic E-state index is -1.49. The van der Waals surface area contributed by atoms with Crippen LogP contribution in [0.15, 0.2) is 54.6 Å². The van der Waals surface area contributed by atoms with Crippen LogP contribution < -0.4 is 5.73 Å². The summed E-state index contributed by atoms with van der Waals surface area (Å²) in [7, 11) is 1.64. The number of ether oxygens (including phenoxy) is 2. The molecule has 1 aliphatic heterocycles. The average molecular weight is 553 g/mol. The van der Waals surface area contributed by atoms with Crippen LogP contribution in [-0.2, 0) is 27.2 Å². The van der Waals surface area contributed by atoms with Crippen molar-refractivity contribution in [3.63, 3.8) is 0 Å². The van der Waals surface area contributed by atoms with E-state index in [-0.39, 0.29) is 19.1 Å². The smallest absolute Gasteiger partial charge is 0.254 e. The number of hydrogen-bond acceptors (Lipinski definition) is 5. The number of carbonyl (C=O) groups is 1. The predicted octanol–water partition coefficient (Wildman–Crippen LogP) is 5.30. The van der Waals surface area contributed by atoms with Gasteiger partial charge in [-0.15, -0.1) is 0 Å². The molecule has 2 aliphatic rings. The third-order valence-electron chi connectivity index (χ3n) is 8.05. The number of nitrogens with two attached hydrogens (primary N) is 1. The van der Waals surface area contributed by atoms with Crippen LogP contribution in [0.3, 0.4) is 0 Å². The summed E-state index contributed by atoms with van der Waals surface area (Å²) >= 11 is 6.70. The molecule has 1 saturated heterocycles. The molecule has 1 fully saturated rings. The van der Waals surface area contributed by atoms with Crippen LogP contribution >= 0.6 is 11.6 Å². The Morgan fingerprint density at radius 3 is 2.67 bits per heavy atom. The van der Waals surface area contributed by atoms with E-state index in [1.165, 1.54) is 6.07 Å². The zero-order valence-corrected chi connectivity index (χ0v) is 23.1. The molecule has 0 unspecified atom stereocenters. The van der Waals surface area contributed by atoms with Crippen molar-refractivity contribution >= 4 is 17.5 Å². The maximum absolute atomic E-state index is 15.2. The Bertz CT molecular complexity index is 1380. The molecular weight excluding hydrogens is 519 g/mol. The molecule has 5 rings (SSSR count). The van der Waals surface area contributed by atoms with E-state index in [2.05, 4.69) is 0 Å². The molecule has 206 valence electrons. The molecule has 3 aromatic rings. The highest BCUT2D eigenvalue weighted by molar-refractivity contribution is 6.33. The Balaban J connectivity index is 1.58. The number of unbranched alkanes of at least 4 members (excludes halogenated alkanes) is 1. The lowest BCUT2D eigenvalue weighted by atomic mass is 9.56. The Hall–Kier alpha value is -2.81. The average Bonchev–Trinajstić information content (AvgIpc) is 2.96. The molecule has 3 N–H and O–H groups in total. The van der Waals surface area contributed by atoms with Crippen LogP contribution in [0.1, 0.15) is 51.9 Å². The van der Waals surface area contributed by atoms with E-state index in [4.69, 9.17) is 26.8 Å². The SMILES string of the molecule is COCCCC[C@@]1(O)c2c(ccc(Cl)c2-c2cc(C)ccc2F)[C@@]12CN(C(=O)c1ccc(CN)cc1)CCO2. The van der Waals surface area contributed by atoms with Crippen molar-refractivity contribution in [3.8, 4) is 11.1 Å². The molecule has 0 bridgehead atoms. The van der Waals surface area contributed by atoms with Crippen molar-refractivity contribution in [1.82, 2.24) is 4.90 Å². The zero-order valence-electron chi connectivity index (χ0n) is 22.3. The second-order valence-electron chi connectivity index (χ2n) is 10.4. The number of benzene rings is 3. The second kappa shape index (κ2) is 11.0. The maximum atomic E-state index is 15.2. The Kier molecular flexibility index (Phi) is 7.82. The third kappa shape index (κ3) is 4.66. The van der Waals surface area contributed by atoms with Gasteiger partial charge in [0.15, 0.2) is 0 Å². The summed E-state index contributed by atoms with van der Waals surface area (Å²) in [5.74, 6) is -0.559. The number of nitrogens with zero attached hydrogens (tertiary/aromatic N) is 1. The molecule has 6 nitrogen and oxygen atoms in total. The summed E-state index contributed by atoms with van der Waals surface area (Å²) in [5, 5.41) is 12.9. The lowest BCUT2D eigenvalue weighted by Crippen LogP contribution is -2.68. The van der Waals surface area contributed by atoms with Crippen molar-refractivity contribution in [2.45, 2.75) is 43.9 Å². The molecule has 0 saturated carbocycles. The van der Waals surface area contributed by atoms with E-state index in [0.29, 0.717) is 59.8 Å². The van der Waals surface area contributed by atoms with Gasteiger partial charge in [-0.3, -0.25) is 4.79 Å². The first-order valence-corrected chi connectivity index (χ1v) is 13.7. The predicted molar refractivity (Wildman–Crippen MR) is 149 cm³/mol. The van der Waals surface area contributed by atoms with E-state index in [9.17, 15) is 9.90 Å². The van der Waals surface area contributed by atoms with Gasteiger partial charge in [-0.25, -0.2) is 4.39 Å². The van der Waals surface area contributed by atoms with Gasteiger partial charge in [-0.05, 0) is 67.6 Å². The highest BCUT2D eigenvalue weighted by Gasteiger charge is 2.66.